The Morgan fingerprint density at radius 2 is 0.481 bits per heavy atom. The van der Waals surface area contributed by atoms with Gasteiger partial charge in [-0.15, -0.1) is 0 Å². The fourth-order valence-electron chi connectivity index (χ4n) is 8.92. The molecule has 458 valence electrons. The van der Waals surface area contributed by atoms with Crippen LogP contribution in [-0.2, 0) is 28.6 Å². The van der Waals surface area contributed by atoms with Gasteiger partial charge in [-0.05, 0) is 122 Å². The highest BCUT2D eigenvalue weighted by Gasteiger charge is 2.19. The topological polar surface area (TPSA) is 78.9 Å². The van der Waals surface area contributed by atoms with Gasteiger partial charge in [-0.1, -0.05) is 295 Å². The standard InChI is InChI=1S/C75H122O6/c1-4-7-10-13-16-19-21-23-25-27-29-31-33-35-37-39-41-43-45-47-49-51-53-56-59-62-65-68-74(77)80-71-72(70-79-73(76)67-64-61-58-55-18-15-12-9-6-3)81-75(78)69-66-63-60-57-54-52-50-48-46-44-42-40-38-36-34-32-30-28-26-24-22-20-17-14-11-8-5-2/h7-8,10-11,16-17,19-20,23-26,29-32,35-38,41-44,72H,4-6,9,12-15,18,21-22,27-28,33-34,39-40,45-71H2,1-3H3/b10-7-,11-8-,19-16-,20-17-,25-23-,26-24-,31-29-,32-30-,37-35-,38-36-,43-41-,44-42-. The maximum Gasteiger partial charge on any atom is 0.306 e. The summed E-state index contributed by atoms with van der Waals surface area (Å²) < 4.78 is 16.9. The Labute approximate surface area is 499 Å². The summed E-state index contributed by atoms with van der Waals surface area (Å²) in [5.41, 5.74) is 0. The zero-order valence-electron chi connectivity index (χ0n) is 52.5. The highest BCUT2D eigenvalue weighted by molar-refractivity contribution is 5.71. The van der Waals surface area contributed by atoms with Crippen molar-refractivity contribution >= 4 is 17.9 Å². The number of rotatable bonds is 59. The third-order valence-corrected chi connectivity index (χ3v) is 13.8. The van der Waals surface area contributed by atoms with Crippen molar-refractivity contribution in [2.45, 2.75) is 297 Å². The van der Waals surface area contributed by atoms with Crippen LogP contribution in [0, 0.1) is 0 Å². The summed E-state index contributed by atoms with van der Waals surface area (Å²) in [4.78, 5) is 38.3. The minimum absolute atomic E-state index is 0.0865. The van der Waals surface area contributed by atoms with Gasteiger partial charge in [-0.3, -0.25) is 14.4 Å². The van der Waals surface area contributed by atoms with Crippen LogP contribution in [0.2, 0.25) is 0 Å². The van der Waals surface area contributed by atoms with Gasteiger partial charge in [0.25, 0.3) is 0 Å². The molecule has 0 aromatic heterocycles. The lowest BCUT2D eigenvalue weighted by Crippen LogP contribution is -2.30. The second-order valence-electron chi connectivity index (χ2n) is 21.6. The molecule has 6 heteroatoms. The summed E-state index contributed by atoms with van der Waals surface area (Å²) in [6, 6.07) is 0. The maximum atomic E-state index is 12.9. The van der Waals surface area contributed by atoms with Crippen LogP contribution in [0.1, 0.15) is 290 Å². The highest BCUT2D eigenvalue weighted by atomic mass is 16.6. The molecule has 0 bridgehead atoms. The molecule has 0 N–H and O–H groups in total. The monoisotopic (exact) mass is 1120 g/mol. The number of carbonyl (C=O) groups is 3. The highest BCUT2D eigenvalue weighted by Crippen LogP contribution is 2.15. The van der Waals surface area contributed by atoms with Crippen LogP contribution in [-0.4, -0.2) is 37.2 Å². The van der Waals surface area contributed by atoms with Crippen molar-refractivity contribution in [1.29, 1.82) is 0 Å². The quantitative estimate of drug-likeness (QED) is 0.0261. The van der Waals surface area contributed by atoms with E-state index >= 15 is 0 Å². The first-order valence-corrected chi connectivity index (χ1v) is 33.3. The third-order valence-electron chi connectivity index (χ3n) is 13.8. The van der Waals surface area contributed by atoms with E-state index < -0.39 is 6.10 Å². The number of esters is 3. The summed E-state index contributed by atoms with van der Waals surface area (Å²) in [7, 11) is 0. The Morgan fingerprint density at radius 1 is 0.259 bits per heavy atom. The van der Waals surface area contributed by atoms with Gasteiger partial charge < -0.3 is 14.2 Å². The van der Waals surface area contributed by atoms with E-state index in [9.17, 15) is 14.4 Å². The molecular weight excluding hydrogens is 997 g/mol. The van der Waals surface area contributed by atoms with Gasteiger partial charge in [-0.25, -0.2) is 0 Å². The molecule has 0 amide bonds. The van der Waals surface area contributed by atoms with E-state index in [1.807, 2.05) is 0 Å². The molecule has 0 saturated heterocycles. The number of hydrogen-bond acceptors (Lipinski definition) is 6. The van der Waals surface area contributed by atoms with Crippen molar-refractivity contribution in [1.82, 2.24) is 0 Å². The van der Waals surface area contributed by atoms with Gasteiger partial charge in [0, 0.05) is 19.3 Å². The van der Waals surface area contributed by atoms with E-state index in [0.717, 1.165) is 148 Å². The molecule has 0 spiro atoms. The van der Waals surface area contributed by atoms with Crippen molar-refractivity contribution in [2.75, 3.05) is 13.2 Å². The Morgan fingerprint density at radius 3 is 0.753 bits per heavy atom. The smallest absolute Gasteiger partial charge is 0.306 e. The number of unbranched alkanes of at least 4 members (excludes halogenated alkanes) is 24. The normalized spacial score (nSPS) is 13.1. The summed E-state index contributed by atoms with van der Waals surface area (Å²) >= 11 is 0. The molecule has 1 atom stereocenters. The molecule has 0 aromatic carbocycles. The molecule has 81 heavy (non-hydrogen) atoms. The van der Waals surface area contributed by atoms with E-state index in [1.54, 1.807) is 0 Å². The molecular formula is C75H122O6. The van der Waals surface area contributed by atoms with E-state index in [4.69, 9.17) is 14.2 Å². The van der Waals surface area contributed by atoms with Crippen molar-refractivity contribution in [3.63, 3.8) is 0 Å². The largest absolute Gasteiger partial charge is 0.462 e. The Kier molecular flexibility index (Phi) is 63.9. The Bertz CT molecular complexity index is 1760. The first-order chi connectivity index (χ1) is 40.0. The lowest BCUT2D eigenvalue weighted by atomic mass is 10.1. The second kappa shape index (κ2) is 67.8. The summed E-state index contributed by atoms with van der Waals surface area (Å²) in [5.74, 6) is -0.904. The average Bonchev–Trinajstić information content (AvgIpc) is 3.47. The minimum Gasteiger partial charge on any atom is -0.462 e. The molecule has 0 aliphatic heterocycles. The molecule has 0 aliphatic carbocycles. The SMILES string of the molecule is CC/C=C\C/C=C\C/C=C\C/C=C\C/C=C\C/C=C\CCCCCCCCCCC(=O)OCC(COC(=O)CCCCCCCCCCC)OC(=O)CCCCCCCCCC/C=C\C/C=C\C/C=C\C/C=C\C/C=C\C/C=C\CC. The van der Waals surface area contributed by atoms with E-state index in [1.165, 1.54) is 103 Å². The molecule has 0 rings (SSSR count). The predicted octanol–water partition coefficient (Wildman–Crippen LogP) is 23.1. The van der Waals surface area contributed by atoms with Crippen LogP contribution in [0.5, 0.6) is 0 Å². The molecule has 0 saturated carbocycles. The second-order valence-corrected chi connectivity index (χ2v) is 21.6. The van der Waals surface area contributed by atoms with Crippen molar-refractivity contribution in [3.05, 3.63) is 146 Å². The van der Waals surface area contributed by atoms with Crippen LogP contribution >= 0.6 is 0 Å². The van der Waals surface area contributed by atoms with E-state index in [-0.39, 0.29) is 31.1 Å². The lowest BCUT2D eigenvalue weighted by Gasteiger charge is -2.18. The van der Waals surface area contributed by atoms with Crippen LogP contribution in [0.15, 0.2) is 146 Å². The summed E-state index contributed by atoms with van der Waals surface area (Å²) in [5, 5.41) is 0. The molecule has 1 unspecified atom stereocenters. The zero-order chi connectivity index (χ0) is 58.5. The van der Waals surface area contributed by atoms with Gasteiger partial charge in [0.05, 0.1) is 0 Å². The zero-order valence-corrected chi connectivity index (χ0v) is 52.5. The fraction of sp³-hybridized carbons (Fsp3) is 0.640. The number of carbonyl (C=O) groups excluding carboxylic acids is 3. The van der Waals surface area contributed by atoms with Gasteiger partial charge in [0.1, 0.15) is 13.2 Å². The first kappa shape index (κ1) is 76.3. The van der Waals surface area contributed by atoms with Gasteiger partial charge in [0.2, 0.25) is 0 Å². The summed E-state index contributed by atoms with van der Waals surface area (Å²) in [6.45, 7) is 6.39. The molecule has 0 aliphatic rings. The van der Waals surface area contributed by atoms with Crippen LogP contribution in [0.25, 0.3) is 0 Å². The number of ether oxygens (including phenoxy) is 3. The number of hydrogen-bond donors (Lipinski definition) is 0. The van der Waals surface area contributed by atoms with Gasteiger partial charge in [-0.2, -0.15) is 0 Å². The fourth-order valence-corrected chi connectivity index (χ4v) is 8.92. The van der Waals surface area contributed by atoms with Crippen LogP contribution in [0.4, 0.5) is 0 Å². The van der Waals surface area contributed by atoms with Crippen molar-refractivity contribution in [3.8, 4) is 0 Å². The Hall–Kier alpha value is -4.71. The number of allylic oxidation sites excluding steroid dienone is 24. The van der Waals surface area contributed by atoms with Gasteiger partial charge in [0.15, 0.2) is 6.10 Å². The molecule has 0 aromatic rings. The lowest BCUT2D eigenvalue weighted by molar-refractivity contribution is -0.167. The maximum absolute atomic E-state index is 12.9. The van der Waals surface area contributed by atoms with Crippen molar-refractivity contribution < 1.29 is 28.6 Å². The van der Waals surface area contributed by atoms with Crippen molar-refractivity contribution in [2.24, 2.45) is 0 Å². The molecule has 6 nitrogen and oxygen atoms in total. The molecule has 0 heterocycles. The molecule has 0 fully saturated rings. The Balaban J connectivity index is 4.27. The van der Waals surface area contributed by atoms with Crippen LogP contribution in [0.3, 0.4) is 0 Å². The molecule has 0 radical (unpaired) electrons. The van der Waals surface area contributed by atoms with E-state index in [0.29, 0.717) is 19.3 Å². The van der Waals surface area contributed by atoms with Gasteiger partial charge >= 0.3 is 17.9 Å². The minimum atomic E-state index is -0.791. The first-order valence-electron chi connectivity index (χ1n) is 33.3. The third kappa shape index (κ3) is 66.0. The van der Waals surface area contributed by atoms with Crippen LogP contribution < -0.4 is 0 Å². The summed E-state index contributed by atoms with van der Waals surface area (Å²) in [6.07, 6.45) is 97.2. The average molecular weight is 1120 g/mol. The predicted molar refractivity (Wildman–Crippen MR) is 352 cm³/mol. The van der Waals surface area contributed by atoms with E-state index in [2.05, 4.69) is 167 Å².